The van der Waals surface area contributed by atoms with Crippen molar-refractivity contribution >= 4 is 17.5 Å². The van der Waals surface area contributed by atoms with E-state index in [1.165, 1.54) is 18.2 Å². The number of rotatable bonds is 1. The van der Waals surface area contributed by atoms with Crippen LogP contribution in [0.25, 0.3) is 0 Å². The fourth-order valence-electron chi connectivity index (χ4n) is 2.87. The van der Waals surface area contributed by atoms with Crippen LogP contribution in [0.1, 0.15) is 16.8 Å². The molecule has 96 valence electrons. The number of hydrogen-bond donors (Lipinski definition) is 1. The molecule has 1 aromatic rings. The monoisotopic (exact) mass is 269 g/mol. The lowest BCUT2D eigenvalue weighted by molar-refractivity contribution is -0.00427. The van der Waals surface area contributed by atoms with Crippen LogP contribution in [0.15, 0.2) is 18.2 Å². The molecule has 1 saturated carbocycles. The van der Waals surface area contributed by atoms with Crippen molar-refractivity contribution in [1.29, 1.82) is 0 Å². The van der Waals surface area contributed by atoms with Crippen LogP contribution in [0, 0.1) is 17.7 Å². The van der Waals surface area contributed by atoms with Gasteiger partial charge < -0.3 is 10.0 Å². The molecule has 1 saturated heterocycles. The van der Waals surface area contributed by atoms with E-state index in [1.54, 1.807) is 4.90 Å². The van der Waals surface area contributed by atoms with Gasteiger partial charge >= 0.3 is 0 Å². The third-order valence-electron chi connectivity index (χ3n) is 3.98. The zero-order chi connectivity index (χ0) is 12.9. The number of hydrogen-bond acceptors (Lipinski definition) is 2. The lowest BCUT2D eigenvalue weighted by atomic mass is 9.74. The minimum Gasteiger partial charge on any atom is -0.393 e. The van der Waals surface area contributed by atoms with E-state index in [4.69, 9.17) is 11.6 Å². The maximum absolute atomic E-state index is 13.6. The van der Waals surface area contributed by atoms with Gasteiger partial charge in [0, 0.05) is 24.0 Å². The summed E-state index contributed by atoms with van der Waals surface area (Å²) in [6.45, 7) is 1.11. The molecule has 0 unspecified atom stereocenters. The van der Waals surface area contributed by atoms with Gasteiger partial charge in [-0.1, -0.05) is 11.6 Å². The molecule has 1 amide bonds. The fraction of sp³-hybridized carbons (Fsp3) is 0.462. The van der Waals surface area contributed by atoms with Gasteiger partial charge in [0.1, 0.15) is 5.82 Å². The van der Waals surface area contributed by atoms with E-state index in [0.717, 1.165) is 6.42 Å². The second-order valence-corrected chi connectivity index (χ2v) is 5.50. The Morgan fingerprint density at radius 1 is 1.44 bits per heavy atom. The molecule has 1 aliphatic carbocycles. The lowest BCUT2D eigenvalue weighted by Crippen LogP contribution is -2.39. The third-order valence-corrected chi connectivity index (χ3v) is 4.21. The molecule has 18 heavy (non-hydrogen) atoms. The van der Waals surface area contributed by atoms with Gasteiger partial charge in [-0.25, -0.2) is 4.39 Å². The van der Waals surface area contributed by atoms with Crippen LogP contribution in [0.3, 0.4) is 0 Å². The van der Waals surface area contributed by atoms with E-state index in [1.807, 2.05) is 0 Å². The first-order chi connectivity index (χ1) is 8.56. The summed E-state index contributed by atoms with van der Waals surface area (Å²) < 4.78 is 13.6. The zero-order valence-corrected chi connectivity index (χ0v) is 10.4. The molecule has 0 radical (unpaired) electrons. The number of halogens is 2. The van der Waals surface area contributed by atoms with Crippen LogP contribution in [0.4, 0.5) is 4.39 Å². The van der Waals surface area contributed by atoms with Crippen molar-refractivity contribution in [2.45, 2.75) is 12.5 Å². The second-order valence-electron chi connectivity index (χ2n) is 5.06. The van der Waals surface area contributed by atoms with E-state index >= 15 is 0 Å². The summed E-state index contributed by atoms with van der Waals surface area (Å²) in [5, 5.41) is 9.90. The predicted molar refractivity (Wildman–Crippen MR) is 64.9 cm³/mol. The Bertz CT molecular complexity index is 508. The highest BCUT2D eigenvalue weighted by Crippen LogP contribution is 2.41. The first-order valence-corrected chi connectivity index (χ1v) is 6.36. The topological polar surface area (TPSA) is 40.5 Å². The summed E-state index contributed by atoms with van der Waals surface area (Å²) in [6, 6.07) is 3.98. The molecule has 2 fully saturated rings. The molecule has 3 rings (SSSR count). The largest absolute Gasteiger partial charge is 0.393 e. The van der Waals surface area contributed by atoms with Gasteiger partial charge in [-0.2, -0.15) is 0 Å². The maximum atomic E-state index is 13.6. The molecule has 1 aliphatic heterocycles. The maximum Gasteiger partial charge on any atom is 0.256 e. The highest BCUT2D eigenvalue weighted by atomic mass is 35.5. The van der Waals surface area contributed by atoms with E-state index in [2.05, 4.69) is 0 Å². The SMILES string of the molecule is O=C(c1cc(Cl)ccc1F)N1C[C@@H]2C[C@H](O)[C@@H]2C1. The summed E-state index contributed by atoms with van der Waals surface area (Å²) in [5.74, 6) is -0.358. The van der Waals surface area contributed by atoms with Gasteiger partial charge in [-0.3, -0.25) is 4.79 Å². The summed E-state index contributed by atoms with van der Waals surface area (Å²) in [6.07, 6.45) is 0.434. The van der Waals surface area contributed by atoms with Crippen LogP contribution >= 0.6 is 11.6 Å². The molecule has 1 heterocycles. The van der Waals surface area contributed by atoms with Crippen molar-refractivity contribution in [2.75, 3.05) is 13.1 Å². The molecule has 1 N–H and O–H groups in total. The standard InChI is InChI=1S/C13H13ClFNO2/c14-8-1-2-11(15)9(4-8)13(18)16-5-7-3-12(17)10(7)6-16/h1-2,4,7,10,12,17H,3,5-6H2/t7-,10+,12-/m0/s1. The molecule has 0 aromatic heterocycles. The first kappa shape index (κ1) is 11.9. The number of benzene rings is 1. The Kier molecular flexibility index (Phi) is 2.79. The highest BCUT2D eigenvalue weighted by Gasteiger charge is 2.47. The van der Waals surface area contributed by atoms with Crippen molar-refractivity contribution in [1.82, 2.24) is 4.90 Å². The van der Waals surface area contributed by atoms with Crippen molar-refractivity contribution in [2.24, 2.45) is 11.8 Å². The molecule has 0 spiro atoms. The molecular weight excluding hydrogens is 257 g/mol. The molecule has 2 aliphatic rings. The fourth-order valence-corrected chi connectivity index (χ4v) is 3.04. The summed E-state index contributed by atoms with van der Waals surface area (Å²) in [5.41, 5.74) is 0.0123. The summed E-state index contributed by atoms with van der Waals surface area (Å²) >= 11 is 5.78. The van der Waals surface area contributed by atoms with E-state index in [-0.39, 0.29) is 23.5 Å². The van der Waals surface area contributed by atoms with E-state index in [9.17, 15) is 14.3 Å². The number of likely N-dealkylation sites (tertiary alicyclic amines) is 1. The van der Waals surface area contributed by atoms with E-state index < -0.39 is 5.82 Å². The number of amides is 1. The minimum atomic E-state index is -0.552. The van der Waals surface area contributed by atoms with Gasteiger partial charge in [0.25, 0.3) is 5.91 Å². The molecule has 3 nitrogen and oxygen atoms in total. The van der Waals surface area contributed by atoms with Crippen molar-refractivity contribution < 1.29 is 14.3 Å². The Morgan fingerprint density at radius 2 is 2.22 bits per heavy atom. The average Bonchev–Trinajstić information content (AvgIpc) is 2.69. The van der Waals surface area contributed by atoms with Crippen LogP contribution < -0.4 is 0 Å². The van der Waals surface area contributed by atoms with Crippen LogP contribution in [-0.2, 0) is 0 Å². The number of aliphatic hydroxyl groups excluding tert-OH is 1. The zero-order valence-electron chi connectivity index (χ0n) is 9.64. The Hall–Kier alpha value is -1.13. The van der Waals surface area contributed by atoms with Crippen molar-refractivity contribution in [3.8, 4) is 0 Å². The third kappa shape index (κ3) is 1.80. The predicted octanol–water partition coefficient (Wildman–Crippen LogP) is 1.93. The molecule has 3 atom stereocenters. The number of carbonyl (C=O) groups excluding carboxylic acids is 1. The van der Waals surface area contributed by atoms with Gasteiger partial charge in [0.2, 0.25) is 0 Å². The number of aliphatic hydroxyl groups is 1. The van der Waals surface area contributed by atoms with Crippen LogP contribution in [0.5, 0.6) is 0 Å². The Labute approximate surface area is 109 Å². The number of nitrogens with zero attached hydrogens (tertiary/aromatic N) is 1. The molecule has 1 aromatic carbocycles. The van der Waals surface area contributed by atoms with Gasteiger partial charge in [-0.05, 0) is 30.5 Å². The van der Waals surface area contributed by atoms with Crippen LogP contribution in [-0.4, -0.2) is 35.1 Å². The summed E-state index contributed by atoms with van der Waals surface area (Å²) in [4.78, 5) is 13.8. The second kappa shape index (κ2) is 4.21. The van der Waals surface area contributed by atoms with Gasteiger partial charge in [0.05, 0.1) is 11.7 Å². The lowest BCUT2D eigenvalue weighted by Gasteiger charge is -2.34. The van der Waals surface area contributed by atoms with Crippen LogP contribution in [0.2, 0.25) is 5.02 Å². The average molecular weight is 270 g/mol. The van der Waals surface area contributed by atoms with E-state index in [0.29, 0.717) is 24.0 Å². The van der Waals surface area contributed by atoms with Crippen molar-refractivity contribution in [3.05, 3.63) is 34.6 Å². The minimum absolute atomic E-state index is 0.0123. The van der Waals surface area contributed by atoms with Gasteiger partial charge in [-0.15, -0.1) is 0 Å². The highest BCUT2D eigenvalue weighted by molar-refractivity contribution is 6.31. The van der Waals surface area contributed by atoms with Crippen molar-refractivity contribution in [3.63, 3.8) is 0 Å². The molecule has 0 bridgehead atoms. The Balaban J connectivity index is 1.81. The number of fused-ring (bicyclic) bond motifs is 1. The first-order valence-electron chi connectivity index (χ1n) is 5.98. The normalized spacial score (nSPS) is 29.9. The summed E-state index contributed by atoms with van der Waals surface area (Å²) in [7, 11) is 0. The molecule has 5 heteroatoms. The molecular formula is C13H13ClFNO2. The smallest absolute Gasteiger partial charge is 0.256 e. The van der Waals surface area contributed by atoms with Gasteiger partial charge in [0.15, 0.2) is 0 Å². The number of carbonyl (C=O) groups is 1. The quantitative estimate of drug-likeness (QED) is 0.846. The Morgan fingerprint density at radius 3 is 2.89 bits per heavy atom.